The Kier molecular flexibility index (Phi) is 6.04. The van der Waals surface area contributed by atoms with E-state index in [9.17, 15) is 0 Å². The number of aliphatic imine (C=N–C) groups is 1. The van der Waals surface area contributed by atoms with E-state index in [0.29, 0.717) is 6.54 Å². The van der Waals surface area contributed by atoms with Crippen molar-refractivity contribution in [2.45, 2.75) is 18.9 Å². The van der Waals surface area contributed by atoms with Crippen LogP contribution in [0.2, 0.25) is 0 Å². The fourth-order valence-corrected chi connectivity index (χ4v) is 7.42. The molecule has 0 saturated carbocycles. The molecule has 2 unspecified atom stereocenters. The first-order valence-corrected chi connectivity index (χ1v) is 16.3. The lowest BCUT2D eigenvalue weighted by Crippen LogP contribution is -2.45. The maximum atomic E-state index is 6.33. The highest BCUT2D eigenvalue weighted by Crippen LogP contribution is 2.41. The normalized spacial score (nSPS) is 17.4. The van der Waals surface area contributed by atoms with Crippen molar-refractivity contribution in [2.75, 3.05) is 0 Å². The molecule has 230 valence electrons. The summed E-state index contributed by atoms with van der Waals surface area (Å²) in [6.07, 6.45) is 3.62. The van der Waals surface area contributed by atoms with Crippen LogP contribution < -0.4 is 16.0 Å². The van der Waals surface area contributed by atoms with Crippen molar-refractivity contribution < 1.29 is 8.83 Å². The summed E-state index contributed by atoms with van der Waals surface area (Å²) in [5, 5.41) is 16.5. The first-order valence-electron chi connectivity index (χ1n) is 16.3. The second-order valence-electron chi connectivity index (χ2n) is 12.4. The molecule has 0 aliphatic carbocycles. The Morgan fingerprint density at radius 2 is 1.35 bits per heavy atom. The molecule has 6 nitrogen and oxygen atoms in total. The highest BCUT2D eigenvalue weighted by Gasteiger charge is 2.28. The van der Waals surface area contributed by atoms with Crippen LogP contribution in [0.25, 0.3) is 60.9 Å². The Hall–Kier alpha value is -6.11. The molecule has 6 heteroatoms. The minimum atomic E-state index is -0.329. The van der Waals surface area contributed by atoms with Gasteiger partial charge in [-0.25, -0.2) is 4.99 Å². The Morgan fingerprint density at radius 1 is 0.604 bits per heavy atom. The molecular formula is C42H30N4O2. The molecular weight excluding hydrogens is 592 g/mol. The van der Waals surface area contributed by atoms with Crippen molar-refractivity contribution >= 4 is 55.6 Å². The summed E-state index contributed by atoms with van der Waals surface area (Å²) in [5.41, 5.74) is 9.28. The van der Waals surface area contributed by atoms with E-state index >= 15 is 0 Å². The van der Waals surface area contributed by atoms with Gasteiger partial charge < -0.3 is 19.5 Å². The highest BCUT2D eigenvalue weighted by atomic mass is 16.3. The maximum absolute atomic E-state index is 6.33. The molecule has 0 saturated heterocycles. The largest absolute Gasteiger partial charge is 0.459 e. The molecule has 3 N–H and O–H groups in total. The van der Waals surface area contributed by atoms with Gasteiger partial charge in [-0.15, -0.1) is 0 Å². The lowest BCUT2D eigenvalue weighted by molar-refractivity contribution is 0.409. The fourth-order valence-electron chi connectivity index (χ4n) is 7.42. The standard InChI is InChI=1S/C42H30N4O2/c1-2-10-25(11-3-1)40-44-41(46-42(45-40)32-16-9-19-36-39(32)30-14-6-7-17-34(30)47-36)27-22-26-12-4-5-13-28(26)33(23-27)29-15-8-18-35-38(29)31-20-21-43-24-37(31)48-35/h1-23,40-41,43-44H,24H2,(H,45,46). The van der Waals surface area contributed by atoms with E-state index in [1.54, 1.807) is 0 Å². The van der Waals surface area contributed by atoms with Gasteiger partial charge in [0.05, 0.1) is 6.54 Å². The summed E-state index contributed by atoms with van der Waals surface area (Å²) in [4.78, 5) is 5.41. The number of furan rings is 2. The summed E-state index contributed by atoms with van der Waals surface area (Å²) in [6, 6.07) is 44.5. The van der Waals surface area contributed by atoms with Crippen LogP contribution in [-0.4, -0.2) is 5.84 Å². The summed E-state index contributed by atoms with van der Waals surface area (Å²) in [5.74, 6) is 1.78. The molecule has 6 aromatic carbocycles. The molecule has 0 amide bonds. The van der Waals surface area contributed by atoms with Crippen molar-refractivity contribution in [2.24, 2.45) is 4.99 Å². The number of para-hydroxylation sites is 1. The molecule has 48 heavy (non-hydrogen) atoms. The molecule has 2 atom stereocenters. The lowest BCUT2D eigenvalue weighted by atomic mass is 9.91. The molecule has 2 aliphatic rings. The van der Waals surface area contributed by atoms with Crippen LogP contribution in [0.5, 0.6) is 0 Å². The summed E-state index contributed by atoms with van der Waals surface area (Å²) in [7, 11) is 0. The molecule has 4 heterocycles. The van der Waals surface area contributed by atoms with Crippen molar-refractivity contribution in [1.29, 1.82) is 0 Å². The van der Waals surface area contributed by atoms with Crippen molar-refractivity contribution in [3.63, 3.8) is 0 Å². The van der Waals surface area contributed by atoms with Crippen LogP contribution in [0.3, 0.4) is 0 Å². The van der Waals surface area contributed by atoms with Crippen LogP contribution in [-0.2, 0) is 6.54 Å². The van der Waals surface area contributed by atoms with Gasteiger partial charge >= 0.3 is 0 Å². The summed E-state index contributed by atoms with van der Waals surface area (Å²) in [6.45, 7) is 0.677. The number of hydrogen-bond acceptors (Lipinski definition) is 6. The van der Waals surface area contributed by atoms with Gasteiger partial charge in [0.1, 0.15) is 40.7 Å². The van der Waals surface area contributed by atoms with E-state index in [2.05, 4.69) is 119 Å². The second-order valence-corrected chi connectivity index (χ2v) is 12.4. The SMILES string of the molecule is C1=Cc2c(oc3cccc(-c4cc(C5N=C(c6cccc7oc8ccccc8c67)NC(c6ccccc6)N5)cc5ccccc45)c23)CN1. The average molecular weight is 623 g/mol. The molecule has 0 radical (unpaired) electrons. The zero-order valence-corrected chi connectivity index (χ0v) is 25.9. The number of nitrogens with zero attached hydrogens (tertiary/aromatic N) is 1. The number of amidine groups is 1. The molecule has 8 aromatic rings. The van der Waals surface area contributed by atoms with Crippen molar-refractivity contribution in [1.82, 2.24) is 16.0 Å². The fraction of sp³-hybridized carbons (Fsp3) is 0.0714. The van der Waals surface area contributed by atoms with Crippen LogP contribution in [0, 0.1) is 0 Å². The van der Waals surface area contributed by atoms with E-state index in [-0.39, 0.29) is 12.3 Å². The van der Waals surface area contributed by atoms with E-state index in [4.69, 9.17) is 13.8 Å². The number of fused-ring (bicyclic) bond motifs is 7. The van der Waals surface area contributed by atoms with E-state index in [0.717, 1.165) is 83.3 Å². The van der Waals surface area contributed by atoms with Gasteiger partial charge in [0.2, 0.25) is 0 Å². The van der Waals surface area contributed by atoms with Crippen LogP contribution >= 0.6 is 0 Å². The number of benzene rings is 6. The van der Waals surface area contributed by atoms with Gasteiger partial charge in [0, 0.05) is 27.3 Å². The van der Waals surface area contributed by atoms with Crippen LogP contribution in [0.1, 0.15) is 40.3 Å². The first-order chi connectivity index (χ1) is 23.8. The molecule has 0 spiro atoms. The van der Waals surface area contributed by atoms with Crippen LogP contribution in [0.15, 0.2) is 147 Å². The average Bonchev–Trinajstić information content (AvgIpc) is 3.73. The molecule has 10 rings (SSSR count). The van der Waals surface area contributed by atoms with Crippen LogP contribution in [0.4, 0.5) is 0 Å². The predicted molar refractivity (Wildman–Crippen MR) is 193 cm³/mol. The smallest absolute Gasteiger partial charge is 0.136 e. The number of nitrogens with one attached hydrogen (secondary N) is 3. The maximum Gasteiger partial charge on any atom is 0.136 e. The van der Waals surface area contributed by atoms with Crippen molar-refractivity contribution in [3.05, 3.63) is 162 Å². The van der Waals surface area contributed by atoms with Crippen molar-refractivity contribution in [3.8, 4) is 11.1 Å². The van der Waals surface area contributed by atoms with Gasteiger partial charge in [-0.1, -0.05) is 97.1 Å². The highest BCUT2D eigenvalue weighted by molar-refractivity contribution is 6.18. The van der Waals surface area contributed by atoms with Gasteiger partial charge in [0.15, 0.2) is 0 Å². The van der Waals surface area contributed by atoms with E-state index in [1.165, 1.54) is 5.39 Å². The minimum Gasteiger partial charge on any atom is -0.459 e. The Labute approximate surface area is 276 Å². The summed E-state index contributed by atoms with van der Waals surface area (Å²) >= 11 is 0. The molecule has 2 aromatic heterocycles. The third kappa shape index (κ3) is 4.27. The number of hydrogen-bond donors (Lipinski definition) is 3. The quantitative estimate of drug-likeness (QED) is 0.182. The lowest BCUT2D eigenvalue weighted by Gasteiger charge is -2.32. The Balaban J connectivity index is 1.19. The van der Waals surface area contributed by atoms with E-state index < -0.39 is 0 Å². The topological polar surface area (TPSA) is 74.7 Å². The van der Waals surface area contributed by atoms with E-state index in [1.807, 2.05) is 36.5 Å². The zero-order valence-electron chi connectivity index (χ0n) is 25.9. The second kappa shape index (κ2) is 10.7. The predicted octanol–water partition coefficient (Wildman–Crippen LogP) is 9.56. The molecule has 0 bridgehead atoms. The van der Waals surface area contributed by atoms with Gasteiger partial charge in [0.25, 0.3) is 0 Å². The van der Waals surface area contributed by atoms with Gasteiger partial charge in [-0.3, -0.25) is 5.32 Å². The van der Waals surface area contributed by atoms with Gasteiger partial charge in [-0.2, -0.15) is 0 Å². The Bertz CT molecular complexity index is 2590. The first kappa shape index (κ1) is 27.0. The number of rotatable bonds is 4. The monoisotopic (exact) mass is 622 g/mol. The summed E-state index contributed by atoms with van der Waals surface area (Å²) < 4.78 is 12.6. The minimum absolute atomic E-state index is 0.172. The van der Waals surface area contributed by atoms with Gasteiger partial charge in [-0.05, 0) is 75.6 Å². The molecule has 2 aliphatic heterocycles. The Morgan fingerprint density at radius 3 is 2.25 bits per heavy atom. The third-order valence-electron chi connectivity index (χ3n) is 9.60. The third-order valence-corrected chi connectivity index (χ3v) is 9.60. The molecule has 0 fully saturated rings. The zero-order chi connectivity index (χ0) is 31.6.